The number of carbonyl (C=O) groups excluding carboxylic acids is 2. The summed E-state index contributed by atoms with van der Waals surface area (Å²) in [7, 11) is 0. The molecule has 0 amide bonds. The Morgan fingerprint density at radius 2 is 1.68 bits per heavy atom. The number of nitrogens with one attached hydrogen (secondary N) is 1. The van der Waals surface area contributed by atoms with E-state index >= 15 is 0 Å². The number of Topliss-reactive ketones (excluding diaryl/α,β-unsaturated/α-hetero) is 2. The van der Waals surface area contributed by atoms with Gasteiger partial charge >= 0.3 is 0 Å². The van der Waals surface area contributed by atoms with Crippen LogP contribution in [0.15, 0.2) is 35.4 Å². The van der Waals surface area contributed by atoms with Gasteiger partial charge in [0.15, 0.2) is 5.78 Å². The molecule has 1 aromatic carbocycles. The fourth-order valence-corrected chi connectivity index (χ4v) is 13.6. The quantitative estimate of drug-likeness (QED) is 0.202. The fraction of sp³-hybridized carbons (Fsp3) is 0.767. The molecule has 50 heavy (non-hydrogen) atoms. The van der Waals surface area contributed by atoms with Crippen LogP contribution in [-0.4, -0.2) is 63.4 Å². The van der Waals surface area contributed by atoms with E-state index in [2.05, 4.69) is 53.8 Å². The zero-order chi connectivity index (χ0) is 36.2. The zero-order valence-electron chi connectivity index (χ0n) is 31.9. The number of rotatable bonds is 9. The highest BCUT2D eigenvalue weighted by Crippen LogP contribution is 2.75. The van der Waals surface area contributed by atoms with E-state index in [0.717, 1.165) is 30.4 Å². The Balaban J connectivity index is 1.24. The maximum Gasteiger partial charge on any atom is 0.159 e. The number of hydrogen-bond donors (Lipinski definition) is 4. The van der Waals surface area contributed by atoms with E-state index in [1.807, 2.05) is 12.1 Å². The molecule has 1 aliphatic heterocycles. The van der Waals surface area contributed by atoms with Gasteiger partial charge in [-0.2, -0.15) is 0 Å². The molecule has 7 heteroatoms. The number of carbonyl (C=O) groups is 2. The number of fused-ring (bicyclic) bond motifs is 5. The van der Waals surface area contributed by atoms with Gasteiger partial charge < -0.3 is 25.4 Å². The lowest BCUT2D eigenvalue weighted by Gasteiger charge is -2.70. The Kier molecular flexibility index (Phi) is 8.89. The van der Waals surface area contributed by atoms with Gasteiger partial charge in [-0.1, -0.05) is 72.1 Å². The lowest BCUT2D eigenvalue weighted by atomic mass is 9.34. The summed E-state index contributed by atoms with van der Waals surface area (Å²) in [6.07, 6.45) is 7.91. The summed E-state index contributed by atoms with van der Waals surface area (Å²) < 4.78 is 6.22. The molecule has 4 N–H and O–H groups in total. The smallest absolute Gasteiger partial charge is 0.159 e. The molecule has 7 nitrogen and oxygen atoms in total. The third kappa shape index (κ3) is 5.33. The minimum Gasteiger partial charge on any atom is -0.508 e. The molecule has 1 saturated heterocycles. The number of phenolic OH excluding ortho intramolecular Hbond substituents is 1. The van der Waals surface area contributed by atoms with Gasteiger partial charge in [-0.25, -0.2) is 0 Å². The molecule has 1 aromatic rings. The van der Waals surface area contributed by atoms with Crippen LogP contribution in [0.5, 0.6) is 5.75 Å². The van der Waals surface area contributed by atoms with Crippen molar-refractivity contribution in [2.24, 2.45) is 45.3 Å². The first-order valence-electron chi connectivity index (χ1n) is 19.8. The summed E-state index contributed by atoms with van der Waals surface area (Å²) in [6, 6.07) is 7.23. The van der Waals surface area contributed by atoms with Crippen LogP contribution in [-0.2, 0) is 14.3 Å². The van der Waals surface area contributed by atoms with E-state index < -0.39 is 17.6 Å². The molecule has 5 fully saturated rings. The minimum absolute atomic E-state index is 0.0187. The van der Waals surface area contributed by atoms with Crippen LogP contribution < -0.4 is 5.32 Å². The van der Waals surface area contributed by atoms with E-state index in [1.54, 1.807) is 19.1 Å². The number of hydrogen-bond acceptors (Lipinski definition) is 7. The molecule has 276 valence electrons. The molecule has 0 spiro atoms. The zero-order valence-corrected chi connectivity index (χ0v) is 31.9. The summed E-state index contributed by atoms with van der Waals surface area (Å²) in [6.45, 7) is 18.0. The molecule has 0 radical (unpaired) electrons. The van der Waals surface area contributed by atoms with E-state index in [1.165, 1.54) is 31.3 Å². The van der Waals surface area contributed by atoms with Crippen LogP contribution in [0.25, 0.3) is 0 Å². The average molecular weight is 690 g/mol. The number of aromatic hydroxyl groups is 1. The lowest BCUT2D eigenvalue weighted by molar-refractivity contribution is -0.193. The number of aliphatic hydroxyl groups excluding tert-OH is 2. The molecular weight excluding hydrogens is 626 g/mol. The van der Waals surface area contributed by atoms with E-state index in [-0.39, 0.29) is 75.0 Å². The van der Waals surface area contributed by atoms with Crippen LogP contribution in [0.1, 0.15) is 131 Å². The summed E-state index contributed by atoms with van der Waals surface area (Å²) in [5.41, 5.74) is 1.42. The molecule has 12 unspecified atom stereocenters. The Morgan fingerprint density at radius 3 is 2.34 bits per heavy atom. The molecule has 5 aliphatic carbocycles. The first-order valence-corrected chi connectivity index (χ1v) is 19.8. The number of ketones is 2. The van der Waals surface area contributed by atoms with Crippen molar-refractivity contribution in [2.45, 2.75) is 155 Å². The number of aliphatic hydroxyl groups is 2. The van der Waals surface area contributed by atoms with Crippen LogP contribution in [0.4, 0.5) is 0 Å². The third-order valence-electron chi connectivity index (χ3n) is 15.9. The first-order chi connectivity index (χ1) is 23.4. The standard InChI is InChI=1S/C43H63NO6/c1-24(18-32(47)38-43(8,50-38)27-13-9-10-14-27)35-30-16-17-34-40(5)20-29(26-12-11-15-28(46)19-26)37(49)39(3,4)36(40)31(44-23-25(2)45)21-42(34,7)41(30,6)22-33(35)48/h11-12,15,19,24-25,27,29,31-32,34,36,38,44-47H,9-10,13-14,16-18,20-23H2,1-8H3. The first kappa shape index (κ1) is 36.3. The van der Waals surface area contributed by atoms with Crippen molar-refractivity contribution in [2.75, 3.05) is 6.54 Å². The van der Waals surface area contributed by atoms with Gasteiger partial charge in [-0.15, -0.1) is 0 Å². The third-order valence-corrected chi connectivity index (χ3v) is 15.9. The van der Waals surface area contributed by atoms with Gasteiger partial charge in [-0.05, 0) is 117 Å². The van der Waals surface area contributed by atoms with Crippen LogP contribution in [0.2, 0.25) is 0 Å². The second kappa shape index (κ2) is 12.2. The van der Waals surface area contributed by atoms with Crippen molar-refractivity contribution >= 4 is 11.6 Å². The average Bonchev–Trinajstić information content (AvgIpc) is 3.32. The van der Waals surface area contributed by atoms with E-state index in [4.69, 9.17) is 4.74 Å². The highest BCUT2D eigenvalue weighted by Gasteiger charge is 2.71. The van der Waals surface area contributed by atoms with E-state index in [0.29, 0.717) is 31.7 Å². The predicted molar refractivity (Wildman–Crippen MR) is 195 cm³/mol. The Bertz CT molecular complexity index is 1560. The van der Waals surface area contributed by atoms with Crippen LogP contribution >= 0.6 is 0 Å². The second-order valence-electron chi connectivity index (χ2n) is 19.2. The summed E-state index contributed by atoms with van der Waals surface area (Å²) in [4.78, 5) is 28.8. The van der Waals surface area contributed by atoms with Crippen molar-refractivity contribution < 1.29 is 29.6 Å². The fourth-order valence-electron chi connectivity index (χ4n) is 13.6. The molecule has 4 saturated carbocycles. The number of ether oxygens (including phenoxy) is 1. The topological polar surface area (TPSA) is 119 Å². The molecule has 0 aromatic heterocycles. The van der Waals surface area contributed by atoms with Crippen molar-refractivity contribution in [3.8, 4) is 5.75 Å². The Labute approximate surface area is 300 Å². The van der Waals surface area contributed by atoms with Gasteiger partial charge in [0, 0.05) is 35.8 Å². The molecular formula is C43H63NO6. The van der Waals surface area contributed by atoms with Crippen LogP contribution in [0.3, 0.4) is 0 Å². The lowest BCUT2D eigenvalue weighted by Crippen LogP contribution is -2.69. The van der Waals surface area contributed by atoms with Gasteiger partial charge in [0.1, 0.15) is 17.6 Å². The second-order valence-corrected chi connectivity index (χ2v) is 19.2. The Morgan fingerprint density at radius 1 is 0.980 bits per heavy atom. The molecule has 1 heterocycles. The summed E-state index contributed by atoms with van der Waals surface area (Å²) >= 11 is 0. The van der Waals surface area contributed by atoms with Gasteiger partial charge in [0.2, 0.25) is 0 Å². The molecule has 12 atom stereocenters. The Hall–Kier alpha value is -2.06. The van der Waals surface area contributed by atoms with Crippen molar-refractivity contribution in [3.63, 3.8) is 0 Å². The number of epoxide rings is 1. The number of benzene rings is 1. The number of phenols is 1. The van der Waals surface area contributed by atoms with Crippen LogP contribution in [0, 0.1) is 45.3 Å². The minimum atomic E-state index is -0.642. The monoisotopic (exact) mass is 689 g/mol. The summed E-state index contributed by atoms with van der Waals surface area (Å²) in [5.74, 6) is 1.08. The maximum absolute atomic E-state index is 14.5. The normalized spacial score (nSPS) is 42.9. The summed E-state index contributed by atoms with van der Waals surface area (Å²) in [5, 5.41) is 36.1. The van der Waals surface area contributed by atoms with Crippen molar-refractivity contribution in [1.29, 1.82) is 0 Å². The molecule has 6 aliphatic rings. The highest BCUT2D eigenvalue weighted by molar-refractivity contribution is 6.00. The van der Waals surface area contributed by atoms with Crippen molar-refractivity contribution in [3.05, 3.63) is 41.0 Å². The van der Waals surface area contributed by atoms with E-state index in [9.17, 15) is 24.9 Å². The van der Waals surface area contributed by atoms with Gasteiger partial charge in [0.05, 0.1) is 17.8 Å². The SMILES string of the molecule is CC(O)CNC1CC2(C)C(CCC3=C(C(C)CC(O)C4OC4(C)C4CCCC4)C(=O)CC32C)C2(C)CC(c3cccc(O)c3)C(=O)C(C)(C)C12. The number of allylic oxidation sites excluding steroid dienone is 2. The van der Waals surface area contributed by atoms with Crippen molar-refractivity contribution in [1.82, 2.24) is 5.32 Å². The largest absolute Gasteiger partial charge is 0.508 e. The molecule has 0 bridgehead atoms. The molecule has 7 rings (SSSR count). The highest BCUT2D eigenvalue weighted by atomic mass is 16.6. The maximum atomic E-state index is 14.5. The van der Waals surface area contributed by atoms with Gasteiger partial charge in [-0.3, -0.25) is 9.59 Å². The van der Waals surface area contributed by atoms with Gasteiger partial charge in [0.25, 0.3) is 0 Å². The predicted octanol–water partition coefficient (Wildman–Crippen LogP) is 7.27.